The highest BCUT2D eigenvalue weighted by atomic mass is 19.1. The first kappa shape index (κ1) is 19.0. The quantitative estimate of drug-likeness (QED) is 0.795. The third kappa shape index (κ3) is 4.52. The molecule has 1 heterocycles. The number of amides is 2. The number of likely N-dealkylation sites (tertiary alicyclic amines) is 1. The standard InChI is InChI=1S/C21H23FN2O3/c1-27-11-10-23-20(25)19-14-24(21(26)15-6-3-2-4-7-15)13-18(19)16-8-5-9-17(22)12-16/h2-9,12,18-19H,10-11,13-14H2,1H3,(H,23,25)/t18-,19+/m1/s1. The first-order valence-corrected chi connectivity index (χ1v) is 8.96. The van der Waals surface area contributed by atoms with Gasteiger partial charge in [0.15, 0.2) is 0 Å². The smallest absolute Gasteiger partial charge is 0.253 e. The summed E-state index contributed by atoms with van der Waals surface area (Å²) in [6.07, 6.45) is 0. The fraction of sp³-hybridized carbons (Fsp3) is 0.333. The molecule has 0 radical (unpaired) electrons. The SMILES string of the molecule is COCCNC(=O)[C@H]1CN(C(=O)c2ccccc2)C[C@@H]1c1cccc(F)c1. The number of rotatable bonds is 6. The molecule has 6 heteroatoms. The van der Waals surface area contributed by atoms with Gasteiger partial charge in [-0.3, -0.25) is 9.59 Å². The Morgan fingerprint density at radius 1 is 1.15 bits per heavy atom. The number of hydrogen-bond donors (Lipinski definition) is 1. The van der Waals surface area contributed by atoms with Gasteiger partial charge in [0, 0.05) is 38.2 Å². The average Bonchev–Trinajstić information content (AvgIpc) is 3.14. The van der Waals surface area contributed by atoms with E-state index in [9.17, 15) is 14.0 Å². The molecule has 1 aliphatic rings. The molecule has 2 aromatic rings. The van der Waals surface area contributed by atoms with Gasteiger partial charge in [-0.1, -0.05) is 30.3 Å². The third-order valence-electron chi connectivity index (χ3n) is 4.85. The van der Waals surface area contributed by atoms with Crippen molar-refractivity contribution in [1.82, 2.24) is 10.2 Å². The Bertz CT molecular complexity index is 797. The molecule has 0 saturated carbocycles. The summed E-state index contributed by atoms with van der Waals surface area (Å²) in [5.41, 5.74) is 1.31. The lowest BCUT2D eigenvalue weighted by Gasteiger charge is -2.18. The van der Waals surface area contributed by atoms with Crippen LogP contribution in [0, 0.1) is 11.7 Å². The number of halogens is 1. The van der Waals surface area contributed by atoms with Crippen molar-refractivity contribution in [2.75, 3.05) is 33.4 Å². The molecule has 1 aliphatic heterocycles. The molecule has 2 amide bonds. The van der Waals surface area contributed by atoms with E-state index in [-0.39, 0.29) is 23.5 Å². The topological polar surface area (TPSA) is 58.6 Å². The van der Waals surface area contributed by atoms with Crippen LogP contribution in [0.1, 0.15) is 21.8 Å². The second-order valence-electron chi connectivity index (χ2n) is 6.63. The first-order chi connectivity index (χ1) is 13.1. The monoisotopic (exact) mass is 370 g/mol. The molecule has 5 nitrogen and oxygen atoms in total. The fourth-order valence-electron chi connectivity index (χ4n) is 3.48. The van der Waals surface area contributed by atoms with Gasteiger partial charge in [0.1, 0.15) is 5.82 Å². The van der Waals surface area contributed by atoms with Crippen LogP contribution in [0.15, 0.2) is 54.6 Å². The second-order valence-corrected chi connectivity index (χ2v) is 6.63. The second kappa shape index (κ2) is 8.77. The molecule has 0 aromatic heterocycles. The van der Waals surface area contributed by atoms with E-state index in [1.807, 2.05) is 18.2 Å². The van der Waals surface area contributed by atoms with Gasteiger partial charge in [-0.2, -0.15) is 0 Å². The molecule has 2 aromatic carbocycles. The molecule has 1 saturated heterocycles. The summed E-state index contributed by atoms with van der Waals surface area (Å²) in [6.45, 7) is 1.48. The Morgan fingerprint density at radius 3 is 2.63 bits per heavy atom. The van der Waals surface area contributed by atoms with Gasteiger partial charge in [0.25, 0.3) is 5.91 Å². The maximum atomic E-state index is 13.7. The van der Waals surface area contributed by atoms with E-state index in [0.29, 0.717) is 31.8 Å². The highest BCUT2D eigenvalue weighted by molar-refractivity contribution is 5.95. The molecule has 0 bridgehead atoms. The van der Waals surface area contributed by atoms with Crippen LogP contribution >= 0.6 is 0 Å². The summed E-state index contributed by atoms with van der Waals surface area (Å²) >= 11 is 0. The zero-order chi connectivity index (χ0) is 19.2. The van der Waals surface area contributed by atoms with Gasteiger partial charge in [0.05, 0.1) is 12.5 Å². The van der Waals surface area contributed by atoms with Crippen LogP contribution < -0.4 is 5.32 Å². The zero-order valence-corrected chi connectivity index (χ0v) is 15.2. The number of benzene rings is 2. The Labute approximate surface area is 158 Å². The number of nitrogens with one attached hydrogen (secondary N) is 1. The molecular formula is C21H23FN2O3. The Kier molecular flexibility index (Phi) is 6.19. The molecule has 1 fully saturated rings. The van der Waals surface area contributed by atoms with Crippen LogP contribution in [-0.4, -0.2) is 50.1 Å². The lowest BCUT2D eigenvalue weighted by molar-refractivity contribution is -0.125. The largest absolute Gasteiger partial charge is 0.383 e. The average molecular weight is 370 g/mol. The highest BCUT2D eigenvalue weighted by Crippen LogP contribution is 2.34. The summed E-state index contributed by atoms with van der Waals surface area (Å²) < 4.78 is 18.7. The van der Waals surface area contributed by atoms with Crippen molar-refractivity contribution in [3.8, 4) is 0 Å². The molecule has 1 N–H and O–H groups in total. The van der Waals surface area contributed by atoms with Crippen molar-refractivity contribution in [2.45, 2.75) is 5.92 Å². The van der Waals surface area contributed by atoms with E-state index in [2.05, 4.69) is 5.32 Å². The molecule has 0 spiro atoms. The molecular weight excluding hydrogens is 347 g/mol. The van der Waals surface area contributed by atoms with Crippen LogP contribution in [-0.2, 0) is 9.53 Å². The van der Waals surface area contributed by atoms with Crippen molar-refractivity contribution in [1.29, 1.82) is 0 Å². The van der Waals surface area contributed by atoms with Crippen LogP contribution in [0.25, 0.3) is 0 Å². The van der Waals surface area contributed by atoms with Crippen LogP contribution in [0.4, 0.5) is 4.39 Å². The Balaban J connectivity index is 1.82. The molecule has 27 heavy (non-hydrogen) atoms. The van der Waals surface area contributed by atoms with Crippen LogP contribution in [0.5, 0.6) is 0 Å². The van der Waals surface area contributed by atoms with E-state index in [4.69, 9.17) is 4.74 Å². The van der Waals surface area contributed by atoms with E-state index in [0.717, 1.165) is 5.56 Å². The van der Waals surface area contributed by atoms with Gasteiger partial charge in [-0.15, -0.1) is 0 Å². The van der Waals surface area contributed by atoms with Gasteiger partial charge < -0.3 is 15.0 Å². The Morgan fingerprint density at radius 2 is 1.93 bits per heavy atom. The third-order valence-corrected chi connectivity index (χ3v) is 4.85. The van der Waals surface area contributed by atoms with Crippen LogP contribution in [0.3, 0.4) is 0 Å². The van der Waals surface area contributed by atoms with Crippen molar-refractivity contribution in [2.24, 2.45) is 5.92 Å². The van der Waals surface area contributed by atoms with Gasteiger partial charge in [-0.25, -0.2) is 4.39 Å². The number of methoxy groups -OCH3 is 1. The normalized spacial score (nSPS) is 19.1. The zero-order valence-electron chi connectivity index (χ0n) is 15.2. The molecule has 0 aliphatic carbocycles. The summed E-state index contributed by atoms with van der Waals surface area (Å²) in [7, 11) is 1.57. The maximum Gasteiger partial charge on any atom is 0.253 e. The molecule has 3 rings (SSSR count). The minimum Gasteiger partial charge on any atom is -0.383 e. The number of ether oxygens (including phenoxy) is 1. The Hall–Kier alpha value is -2.73. The predicted octanol–water partition coefficient (Wildman–Crippen LogP) is 2.44. The van der Waals surface area contributed by atoms with Gasteiger partial charge in [0.2, 0.25) is 5.91 Å². The maximum absolute atomic E-state index is 13.7. The molecule has 2 atom stereocenters. The minimum absolute atomic E-state index is 0.121. The molecule has 0 unspecified atom stereocenters. The number of carbonyl (C=O) groups excluding carboxylic acids is 2. The predicted molar refractivity (Wildman–Crippen MR) is 99.9 cm³/mol. The van der Waals surface area contributed by atoms with E-state index < -0.39 is 5.92 Å². The van der Waals surface area contributed by atoms with Crippen molar-refractivity contribution in [3.05, 3.63) is 71.5 Å². The summed E-state index contributed by atoms with van der Waals surface area (Å²) in [5, 5.41) is 2.84. The van der Waals surface area contributed by atoms with Gasteiger partial charge >= 0.3 is 0 Å². The lowest BCUT2D eigenvalue weighted by Crippen LogP contribution is -2.37. The van der Waals surface area contributed by atoms with E-state index in [1.165, 1.54) is 12.1 Å². The van der Waals surface area contributed by atoms with Crippen molar-refractivity contribution in [3.63, 3.8) is 0 Å². The van der Waals surface area contributed by atoms with Gasteiger partial charge in [-0.05, 0) is 29.8 Å². The number of carbonyl (C=O) groups is 2. The van der Waals surface area contributed by atoms with E-state index in [1.54, 1.807) is 36.3 Å². The highest BCUT2D eigenvalue weighted by Gasteiger charge is 2.40. The summed E-state index contributed by atoms with van der Waals surface area (Å²) in [5.74, 6) is -1.31. The molecule has 142 valence electrons. The minimum atomic E-state index is -0.434. The number of nitrogens with zero attached hydrogens (tertiary/aromatic N) is 1. The van der Waals surface area contributed by atoms with Crippen molar-refractivity contribution >= 4 is 11.8 Å². The summed E-state index contributed by atoms with van der Waals surface area (Å²) in [4.78, 5) is 27.2. The fourth-order valence-corrected chi connectivity index (χ4v) is 3.48. The van der Waals surface area contributed by atoms with Crippen LogP contribution in [0.2, 0.25) is 0 Å². The summed E-state index contributed by atoms with van der Waals surface area (Å²) in [6, 6.07) is 15.2. The number of hydrogen-bond acceptors (Lipinski definition) is 3. The lowest BCUT2D eigenvalue weighted by atomic mass is 9.88. The van der Waals surface area contributed by atoms with E-state index >= 15 is 0 Å². The van der Waals surface area contributed by atoms with Crippen molar-refractivity contribution < 1.29 is 18.7 Å². The first-order valence-electron chi connectivity index (χ1n) is 8.96.